The molecular formula is C21H30INO6. The second-order valence-electron chi connectivity index (χ2n) is 7.76. The number of halogens is 1. The number of ether oxygens (including phenoxy) is 2. The predicted octanol–water partition coefficient (Wildman–Crippen LogP) is 4.03. The number of benzene rings is 1. The van der Waals surface area contributed by atoms with Gasteiger partial charge in [0, 0.05) is 4.43 Å². The van der Waals surface area contributed by atoms with Gasteiger partial charge in [-0.25, -0.2) is 9.59 Å². The Morgan fingerprint density at radius 1 is 1.14 bits per heavy atom. The standard InChI is InChI=1S/C21H30INO6/c1-14(2)17(23-20(27)29-13-15-8-6-5-7-9-15)18(24)28-11-10-16(12-22)21(3,4)19(25)26/h5-9,14,16-17H,10-13H2,1-4H3,(H,23,27)(H,25,26)/t16?,17-/m0/s1. The van der Waals surface area contributed by atoms with Crippen molar-refractivity contribution in [2.24, 2.45) is 17.3 Å². The van der Waals surface area contributed by atoms with E-state index in [9.17, 15) is 19.5 Å². The molecule has 0 saturated carbocycles. The smallest absolute Gasteiger partial charge is 0.408 e. The molecule has 7 nitrogen and oxygen atoms in total. The fraction of sp³-hybridized carbons (Fsp3) is 0.571. The zero-order chi connectivity index (χ0) is 22.0. The molecule has 8 heteroatoms. The Morgan fingerprint density at radius 2 is 1.76 bits per heavy atom. The van der Waals surface area contributed by atoms with Crippen LogP contribution in [-0.2, 0) is 25.7 Å². The average molecular weight is 519 g/mol. The molecule has 162 valence electrons. The first-order valence-corrected chi connectivity index (χ1v) is 11.0. The molecule has 0 aliphatic carbocycles. The van der Waals surface area contributed by atoms with Crippen LogP contribution in [-0.4, -0.2) is 40.2 Å². The molecule has 0 radical (unpaired) electrons. The summed E-state index contributed by atoms with van der Waals surface area (Å²) in [5.41, 5.74) is -0.0675. The lowest BCUT2D eigenvalue weighted by molar-refractivity contribution is -0.151. The highest BCUT2D eigenvalue weighted by atomic mass is 127. The van der Waals surface area contributed by atoms with Gasteiger partial charge in [0.1, 0.15) is 12.6 Å². The largest absolute Gasteiger partial charge is 0.481 e. The fourth-order valence-corrected chi connectivity index (χ4v) is 4.13. The summed E-state index contributed by atoms with van der Waals surface area (Å²) in [6.45, 7) is 7.12. The molecule has 0 aromatic heterocycles. The van der Waals surface area contributed by atoms with Gasteiger partial charge < -0.3 is 19.9 Å². The summed E-state index contributed by atoms with van der Waals surface area (Å²) in [7, 11) is 0. The van der Waals surface area contributed by atoms with Crippen LogP contribution in [0.15, 0.2) is 30.3 Å². The average Bonchev–Trinajstić information content (AvgIpc) is 2.67. The second kappa shape index (κ2) is 12.0. The molecule has 1 aromatic carbocycles. The van der Waals surface area contributed by atoms with E-state index in [0.29, 0.717) is 10.8 Å². The number of amides is 1. The second-order valence-corrected chi connectivity index (χ2v) is 8.64. The Labute approximate surface area is 185 Å². The lowest BCUT2D eigenvalue weighted by Gasteiger charge is -2.29. The maximum absolute atomic E-state index is 12.4. The topological polar surface area (TPSA) is 102 Å². The van der Waals surface area contributed by atoms with Crippen molar-refractivity contribution in [2.75, 3.05) is 11.0 Å². The predicted molar refractivity (Wildman–Crippen MR) is 118 cm³/mol. The summed E-state index contributed by atoms with van der Waals surface area (Å²) in [6, 6.07) is 8.39. The number of esters is 1. The van der Waals surface area contributed by atoms with Crippen LogP contribution in [0.3, 0.4) is 0 Å². The Balaban J connectivity index is 2.55. The van der Waals surface area contributed by atoms with E-state index in [1.54, 1.807) is 27.7 Å². The summed E-state index contributed by atoms with van der Waals surface area (Å²) in [6.07, 6.45) is -0.265. The van der Waals surface area contributed by atoms with Crippen LogP contribution in [0.5, 0.6) is 0 Å². The van der Waals surface area contributed by atoms with Gasteiger partial charge in [0.2, 0.25) is 0 Å². The van der Waals surface area contributed by atoms with Gasteiger partial charge in [-0.2, -0.15) is 0 Å². The Kier molecular flexibility index (Phi) is 10.4. The first kappa shape index (κ1) is 25.2. The van der Waals surface area contributed by atoms with Crippen LogP contribution in [0.25, 0.3) is 0 Å². The van der Waals surface area contributed by atoms with Crippen LogP contribution in [0.2, 0.25) is 0 Å². The van der Waals surface area contributed by atoms with Gasteiger partial charge in [-0.15, -0.1) is 0 Å². The SMILES string of the molecule is CC(C)[C@H](NC(=O)OCc1ccccc1)C(=O)OCCC(CI)C(C)(C)C(=O)O. The van der Waals surface area contributed by atoms with E-state index < -0.39 is 29.5 Å². The number of carboxylic acid groups (broad SMARTS) is 1. The summed E-state index contributed by atoms with van der Waals surface area (Å²) < 4.78 is 11.1. The quantitative estimate of drug-likeness (QED) is 0.260. The summed E-state index contributed by atoms with van der Waals surface area (Å²) in [5.74, 6) is -1.78. The van der Waals surface area contributed by atoms with Crippen molar-refractivity contribution in [1.82, 2.24) is 5.32 Å². The van der Waals surface area contributed by atoms with E-state index in [0.717, 1.165) is 5.56 Å². The molecule has 0 heterocycles. The third-order valence-corrected chi connectivity index (χ3v) is 5.94. The van der Waals surface area contributed by atoms with Gasteiger partial charge >= 0.3 is 18.0 Å². The molecule has 1 aromatic rings. The molecule has 1 unspecified atom stereocenters. The number of alkyl carbamates (subject to hydrolysis) is 1. The molecule has 0 spiro atoms. The van der Waals surface area contributed by atoms with Crippen LogP contribution in [0.1, 0.15) is 39.7 Å². The van der Waals surface area contributed by atoms with Gasteiger partial charge in [-0.3, -0.25) is 4.79 Å². The Hall–Kier alpha value is -1.84. The van der Waals surface area contributed by atoms with Crippen molar-refractivity contribution in [2.45, 2.75) is 46.8 Å². The van der Waals surface area contributed by atoms with Crippen molar-refractivity contribution >= 4 is 40.6 Å². The minimum atomic E-state index is -0.912. The number of hydrogen-bond acceptors (Lipinski definition) is 5. The lowest BCUT2D eigenvalue weighted by atomic mass is 9.78. The van der Waals surface area contributed by atoms with E-state index in [1.807, 2.05) is 30.3 Å². The zero-order valence-electron chi connectivity index (χ0n) is 17.3. The van der Waals surface area contributed by atoms with Crippen LogP contribution in [0.4, 0.5) is 4.79 Å². The molecule has 0 saturated heterocycles. The van der Waals surface area contributed by atoms with Crippen molar-refractivity contribution in [1.29, 1.82) is 0 Å². The number of carbonyl (C=O) groups is 3. The molecule has 1 rings (SSSR count). The molecule has 0 aliphatic rings. The molecular weight excluding hydrogens is 489 g/mol. The number of hydrogen-bond donors (Lipinski definition) is 2. The van der Waals surface area contributed by atoms with Gasteiger partial charge in [0.05, 0.1) is 12.0 Å². The van der Waals surface area contributed by atoms with Crippen LogP contribution >= 0.6 is 22.6 Å². The lowest BCUT2D eigenvalue weighted by Crippen LogP contribution is -2.45. The van der Waals surface area contributed by atoms with Crippen molar-refractivity contribution in [3.63, 3.8) is 0 Å². The maximum atomic E-state index is 12.4. The van der Waals surface area contributed by atoms with E-state index in [2.05, 4.69) is 27.9 Å². The highest BCUT2D eigenvalue weighted by molar-refractivity contribution is 14.1. The monoisotopic (exact) mass is 519 g/mol. The number of nitrogens with one attached hydrogen (secondary N) is 1. The molecule has 29 heavy (non-hydrogen) atoms. The third-order valence-electron chi connectivity index (χ3n) is 4.88. The first-order chi connectivity index (χ1) is 13.6. The third kappa shape index (κ3) is 8.20. The van der Waals surface area contributed by atoms with Gasteiger partial charge in [0.25, 0.3) is 0 Å². The van der Waals surface area contributed by atoms with Gasteiger partial charge in [-0.1, -0.05) is 66.8 Å². The minimum Gasteiger partial charge on any atom is -0.481 e. The highest BCUT2D eigenvalue weighted by Crippen LogP contribution is 2.31. The first-order valence-electron chi connectivity index (χ1n) is 9.52. The summed E-state index contributed by atoms with van der Waals surface area (Å²) in [5, 5.41) is 11.9. The number of aliphatic carboxylic acids is 1. The minimum absolute atomic E-state index is 0.0905. The molecule has 0 fully saturated rings. The number of carbonyl (C=O) groups excluding carboxylic acids is 2. The van der Waals surface area contributed by atoms with Crippen molar-refractivity contribution in [3.8, 4) is 0 Å². The molecule has 2 N–H and O–H groups in total. The number of alkyl halides is 1. The van der Waals surface area contributed by atoms with Crippen molar-refractivity contribution in [3.05, 3.63) is 35.9 Å². The Morgan fingerprint density at radius 3 is 2.28 bits per heavy atom. The fourth-order valence-electron chi connectivity index (χ4n) is 2.59. The van der Waals surface area contributed by atoms with Crippen LogP contribution in [0, 0.1) is 17.3 Å². The maximum Gasteiger partial charge on any atom is 0.408 e. The zero-order valence-corrected chi connectivity index (χ0v) is 19.5. The normalized spacial score (nSPS) is 13.4. The molecule has 0 bridgehead atoms. The van der Waals surface area contributed by atoms with Gasteiger partial charge in [-0.05, 0) is 37.7 Å². The van der Waals surface area contributed by atoms with E-state index in [-0.39, 0.29) is 25.0 Å². The Bertz CT molecular complexity index is 677. The molecule has 2 atom stereocenters. The van der Waals surface area contributed by atoms with E-state index >= 15 is 0 Å². The highest BCUT2D eigenvalue weighted by Gasteiger charge is 2.36. The summed E-state index contributed by atoms with van der Waals surface area (Å²) >= 11 is 2.14. The van der Waals surface area contributed by atoms with E-state index in [4.69, 9.17) is 9.47 Å². The molecule has 0 aliphatic heterocycles. The van der Waals surface area contributed by atoms with Crippen molar-refractivity contribution < 1.29 is 29.0 Å². The van der Waals surface area contributed by atoms with Gasteiger partial charge in [0.15, 0.2) is 0 Å². The summed E-state index contributed by atoms with van der Waals surface area (Å²) in [4.78, 5) is 35.9. The number of rotatable bonds is 11. The molecule has 1 amide bonds. The van der Waals surface area contributed by atoms with Crippen LogP contribution < -0.4 is 5.32 Å². The number of carboxylic acids is 1. The van der Waals surface area contributed by atoms with E-state index in [1.165, 1.54) is 0 Å².